The first-order valence-electron chi connectivity index (χ1n) is 2.70. The largest absolute Gasteiger partial charge is 0.466 e. The van der Waals surface area contributed by atoms with Crippen LogP contribution < -0.4 is 11.5 Å². The van der Waals surface area contributed by atoms with Crippen molar-refractivity contribution in [2.75, 3.05) is 7.11 Å². The van der Waals surface area contributed by atoms with Crippen molar-refractivity contribution in [3.05, 3.63) is 12.2 Å². The van der Waals surface area contributed by atoms with Crippen LogP contribution >= 0.6 is 0 Å². The van der Waals surface area contributed by atoms with Gasteiger partial charge in [0.1, 0.15) is 0 Å². The highest BCUT2D eigenvalue weighted by molar-refractivity contribution is 5.86. The summed E-state index contributed by atoms with van der Waals surface area (Å²) in [5.74, 6) is -0.347. The Morgan fingerprint density at radius 1 is 1.36 bits per heavy atom. The molecule has 11 heavy (non-hydrogen) atoms. The number of esters is 1. The Morgan fingerprint density at radius 3 is 1.64 bits per heavy atom. The highest BCUT2D eigenvalue weighted by Crippen LogP contribution is 1.87. The molecular formula is C6H12N2O3. The molecular weight excluding hydrogens is 148 g/mol. The Labute approximate surface area is 65.0 Å². The minimum absolute atomic E-state index is 0.347. The third-order valence-corrected chi connectivity index (χ3v) is 0.534. The monoisotopic (exact) mass is 160 g/mol. The van der Waals surface area contributed by atoms with Crippen molar-refractivity contribution in [1.29, 1.82) is 0 Å². The van der Waals surface area contributed by atoms with E-state index in [1.165, 1.54) is 7.11 Å². The van der Waals surface area contributed by atoms with Crippen LogP contribution in [-0.4, -0.2) is 19.1 Å². The summed E-state index contributed by atoms with van der Waals surface area (Å²) in [6, 6.07) is -0.833. The third kappa shape index (κ3) is 17.7. The molecule has 4 N–H and O–H groups in total. The average Bonchev–Trinajstić information content (AvgIpc) is 1.85. The summed E-state index contributed by atoms with van der Waals surface area (Å²) >= 11 is 0. The molecule has 0 spiro atoms. The van der Waals surface area contributed by atoms with E-state index in [1.807, 2.05) is 0 Å². The SMILES string of the molecule is C=C(C)C(=O)OC.NC(N)=O. The van der Waals surface area contributed by atoms with Crippen LogP contribution in [0, 0.1) is 0 Å². The van der Waals surface area contributed by atoms with E-state index in [2.05, 4.69) is 22.8 Å². The lowest BCUT2D eigenvalue weighted by atomic mass is 10.4. The van der Waals surface area contributed by atoms with Gasteiger partial charge in [-0.25, -0.2) is 9.59 Å². The standard InChI is InChI=1S/C5H8O2.CH4N2O/c1-4(2)5(6)7-3;2-1(3)4/h1H2,2-3H3;(H4,2,3,4). The second-order valence-corrected chi connectivity index (χ2v) is 1.67. The summed E-state index contributed by atoms with van der Waals surface area (Å²) in [5.41, 5.74) is 8.93. The molecule has 0 aromatic rings. The van der Waals surface area contributed by atoms with Gasteiger partial charge in [0.05, 0.1) is 7.11 Å². The molecule has 0 aliphatic heterocycles. The highest BCUT2D eigenvalue weighted by atomic mass is 16.5. The van der Waals surface area contributed by atoms with E-state index in [4.69, 9.17) is 4.79 Å². The van der Waals surface area contributed by atoms with Gasteiger partial charge < -0.3 is 16.2 Å². The number of ether oxygens (including phenoxy) is 1. The van der Waals surface area contributed by atoms with Crippen molar-refractivity contribution in [3.63, 3.8) is 0 Å². The van der Waals surface area contributed by atoms with E-state index in [0.29, 0.717) is 5.57 Å². The minimum atomic E-state index is -0.833. The van der Waals surface area contributed by atoms with Gasteiger partial charge in [-0.2, -0.15) is 0 Å². The molecule has 0 aromatic heterocycles. The second kappa shape index (κ2) is 6.60. The van der Waals surface area contributed by atoms with Crippen molar-refractivity contribution in [3.8, 4) is 0 Å². The first-order valence-corrected chi connectivity index (χ1v) is 2.70. The van der Waals surface area contributed by atoms with Crippen molar-refractivity contribution in [2.45, 2.75) is 6.92 Å². The number of hydrogen-bond acceptors (Lipinski definition) is 3. The molecule has 0 radical (unpaired) electrons. The summed E-state index contributed by atoms with van der Waals surface area (Å²) < 4.78 is 4.27. The average molecular weight is 160 g/mol. The summed E-state index contributed by atoms with van der Waals surface area (Å²) in [4.78, 5) is 19.2. The fourth-order valence-corrected chi connectivity index (χ4v) is 0.174. The molecule has 0 saturated heterocycles. The summed E-state index contributed by atoms with van der Waals surface area (Å²) in [6.07, 6.45) is 0. The van der Waals surface area contributed by atoms with Gasteiger partial charge in [0, 0.05) is 5.57 Å². The van der Waals surface area contributed by atoms with Crippen molar-refractivity contribution < 1.29 is 14.3 Å². The van der Waals surface area contributed by atoms with Crippen molar-refractivity contribution >= 4 is 12.0 Å². The first-order chi connectivity index (χ1) is 4.91. The normalized spacial score (nSPS) is 7.09. The number of urea groups is 1. The molecule has 0 unspecified atom stereocenters. The number of hydrogen-bond donors (Lipinski definition) is 2. The Morgan fingerprint density at radius 2 is 1.64 bits per heavy atom. The Hall–Kier alpha value is -1.52. The number of carbonyl (C=O) groups excluding carboxylic acids is 2. The van der Waals surface area contributed by atoms with Gasteiger partial charge in [-0.05, 0) is 6.92 Å². The Kier molecular flexibility index (Phi) is 7.31. The van der Waals surface area contributed by atoms with E-state index in [0.717, 1.165) is 0 Å². The van der Waals surface area contributed by atoms with Gasteiger partial charge in [0.15, 0.2) is 0 Å². The predicted molar refractivity (Wildman–Crippen MR) is 40.6 cm³/mol. The zero-order chi connectivity index (χ0) is 9.44. The number of primary amides is 2. The maximum atomic E-state index is 10.2. The van der Waals surface area contributed by atoms with Crippen molar-refractivity contribution in [2.24, 2.45) is 11.5 Å². The molecule has 0 aliphatic rings. The summed E-state index contributed by atoms with van der Waals surface area (Å²) in [6.45, 7) is 4.95. The zero-order valence-corrected chi connectivity index (χ0v) is 6.59. The molecule has 0 atom stereocenters. The molecule has 0 rings (SSSR count). The van der Waals surface area contributed by atoms with Crippen LogP contribution in [0.25, 0.3) is 0 Å². The Balaban J connectivity index is 0. The lowest BCUT2D eigenvalue weighted by Gasteiger charge is -1.91. The van der Waals surface area contributed by atoms with E-state index in [9.17, 15) is 4.79 Å². The van der Waals surface area contributed by atoms with Crippen LogP contribution in [0.5, 0.6) is 0 Å². The number of rotatable bonds is 1. The molecule has 0 aliphatic carbocycles. The molecule has 0 aromatic carbocycles. The summed E-state index contributed by atoms with van der Waals surface area (Å²) in [5, 5.41) is 0. The lowest BCUT2D eigenvalue weighted by molar-refractivity contribution is -0.136. The van der Waals surface area contributed by atoms with Crippen LogP contribution in [0.3, 0.4) is 0 Å². The van der Waals surface area contributed by atoms with Gasteiger partial charge in [0.2, 0.25) is 0 Å². The number of carbonyl (C=O) groups is 2. The molecule has 5 heteroatoms. The quantitative estimate of drug-likeness (QED) is 0.409. The topological polar surface area (TPSA) is 95.4 Å². The van der Waals surface area contributed by atoms with Crippen LogP contribution in [-0.2, 0) is 9.53 Å². The van der Waals surface area contributed by atoms with Gasteiger partial charge in [0.25, 0.3) is 0 Å². The fourth-order valence-electron chi connectivity index (χ4n) is 0.174. The van der Waals surface area contributed by atoms with Crippen LogP contribution in [0.2, 0.25) is 0 Å². The van der Waals surface area contributed by atoms with Crippen LogP contribution in [0.4, 0.5) is 4.79 Å². The molecule has 0 heterocycles. The van der Waals surface area contributed by atoms with E-state index in [-0.39, 0.29) is 5.97 Å². The molecule has 0 fully saturated rings. The molecule has 64 valence electrons. The zero-order valence-electron chi connectivity index (χ0n) is 6.59. The second-order valence-electron chi connectivity index (χ2n) is 1.67. The maximum absolute atomic E-state index is 10.2. The molecule has 0 saturated carbocycles. The van der Waals surface area contributed by atoms with E-state index < -0.39 is 6.03 Å². The number of amides is 2. The fraction of sp³-hybridized carbons (Fsp3) is 0.333. The van der Waals surface area contributed by atoms with Crippen LogP contribution in [0.15, 0.2) is 12.2 Å². The van der Waals surface area contributed by atoms with Gasteiger partial charge in [-0.3, -0.25) is 0 Å². The molecule has 5 nitrogen and oxygen atoms in total. The van der Waals surface area contributed by atoms with Gasteiger partial charge in [-0.15, -0.1) is 0 Å². The van der Waals surface area contributed by atoms with Gasteiger partial charge in [-0.1, -0.05) is 6.58 Å². The lowest BCUT2D eigenvalue weighted by Crippen LogP contribution is -2.18. The Bertz CT molecular complexity index is 161. The highest BCUT2D eigenvalue weighted by Gasteiger charge is 1.95. The van der Waals surface area contributed by atoms with Crippen LogP contribution in [0.1, 0.15) is 6.92 Å². The maximum Gasteiger partial charge on any atom is 0.332 e. The van der Waals surface area contributed by atoms with Gasteiger partial charge >= 0.3 is 12.0 Å². The first kappa shape index (κ1) is 12.2. The number of nitrogens with two attached hydrogens (primary N) is 2. The molecule has 2 amide bonds. The van der Waals surface area contributed by atoms with E-state index >= 15 is 0 Å². The van der Waals surface area contributed by atoms with E-state index in [1.54, 1.807) is 6.92 Å². The smallest absolute Gasteiger partial charge is 0.332 e. The molecule has 0 bridgehead atoms. The minimum Gasteiger partial charge on any atom is -0.466 e. The predicted octanol–water partition coefficient (Wildman–Crippen LogP) is -0.241. The summed E-state index contributed by atoms with van der Waals surface area (Å²) in [7, 11) is 1.33. The van der Waals surface area contributed by atoms with Crippen molar-refractivity contribution in [1.82, 2.24) is 0 Å². The number of methoxy groups -OCH3 is 1. The third-order valence-electron chi connectivity index (χ3n) is 0.534.